The smallest absolute Gasteiger partial charge is 0.0627 e. The van der Waals surface area contributed by atoms with Crippen LogP contribution in [-0.2, 0) is 0 Å². The third-order valence-corrected chi connectivity index (χ3v) is 1.73. The van der Waals surface area contributed by atoms with E-state index in [9.17, 15) is 0 Å². The molecular weight excluding hydrogens is 225 g/mol. The molecule has 0 aromatic carbocycles. The first-order chi connectivity index (χ1) is 5.33. The summed E-state index contributed by atoms with van der Waals surface area (Å²) in [5.74, 6) is 0. The van der Waals surface area contributed by atoms with E-state index in [1.54, 1.807) is 6.20 Å². The van der Waals surface area contributed by atoms with Crippen molar-refractivity contribution in [3.8, 4) is 0 Å². The number of aromatic nitrogens is 1. The van der Waals surface area contributed by atoms with Crippen LogP contribution in [0.3, 0.4) is 0 Å². The van der Waals surface area contributed by atoms with Gasteiger partial charge in [0.25, 0.3) is 0 Å². The van der Waals surface area contributed by atoms with Gasteiger partial charge in [-0.2, -0.15) is 0 Å². The number of pyridine rings is 1. The molecule has 0 spiro atoms. The van der Waals surface area contributed by atoms with Crippen LogP contribution in [0.4, 0.5) is 0 Å². The monoisotopic (exact) mass is 231 g/mol. The van der Waals surface area contributed by atoms with Crippen molar-refractivity contribution < 1.29 is 0 Å². The molecule has 58 valence electrons. The molecule has 0 aliphatic carbocycles. The van der Waals surface area contributed by atoms with Gasteiger partial charge in [0.1, 0.15) is 0 Å². The van der Waals surface area contributed by atoms with Crippen LogP contribution in [0.5, 0.6) is 0 Å². The van der Waals surface area contributed by atoms with Gasteiger partial charge in [0.15, 0.2) is 0 Å². The van der Waals surface area contributed by atoms with E-state index in [4.69, 9.17) is 11.6 Å². The molecule has 0 aliphatic rings. The molecule has 1 rings (SSSR count). The van der Waals surface area contributed by atoms with Crippen LogP contribution in [0.2, 0.25) is 5.02 Å². The van der Waals surface area contributed by atoms with Gasteiger partial charge >= 0.3 is 0 Å². The summed E-state index contributed by atoms with van der Waals surface area (Å²) in [4.78, 5) is 4.08. The molecule has 1 nitrogen and oxygen atoms in total. The zero-order valence-electron chi connectivity index (χ0n) is 5.80. The van der Waals surface area contributed by atoms with E-state index >= 15 is 0 Å². The highest BCUT2D eigenvalue weighted by molar-refractivity contribution is 9.09. The average Bonchev–Trinajstić information content (AvgIpc) is 2.04. The molecule has 0 saturated heterocycles. The molecule has 0 fully saturated rings. The second-order valence-corrected chi connectivity index (χ2v) is 3.04. The van der Waals surface area contributed by atoms with Gasteiger partial charge in [-0.05, 0) is 18.2 Å². The first-order valence-electron chi connectivity index (χ1n) is 3.17. The number of allylic oxidation sites excluding steroid dienone is 1. The Morgan fingerprint density at radius 1 is 1.55 bits per heavy atom. The minimum absolute atomic E-state index is 0.668. The largest absolute Gasteiger partial charge is 0.255 e. The normalized spacial score (nSPS) is 10.7. The van der Waals surface area contributed by atoms with Crippen LogP contribution in [0.1, 0.15) is 5.69 Å². The molecule has 0 N–H and O–H groups in total. The molecule has 0 atom stereocenters. The summed E-state index contributed by atoms with van der Waals surface area (Å²) in [6, 6.07) is 3.70. The fourth-order valence-electron chi connectivity index (χ4n) is 0.651. The highest BCUT2D eigenvalue weighted by Gasteiger charge is 1.87. The summed E-state index contributed by atoms with van der Waals surface area (Å²) in [5, 5.41) is 1.51. The maximum absolute atomic E-state index is 5.65. The van der Waals surface area contributed by atoms with Gasteiger partial charge in [-0.3, -0.25) is 4.98 Å². The van der Waals surface area contributed by atoms with Crippen LogP contribution in [0.15, 0.2) is 24.4 Å². The fraction of sp³-hybridized carbons (Fsp3) is 0.125. The quantitative estimate of drug-likeness (QED) is 0.714. The van der Waals surface area contributed by atoms with Crippen molar-refractivity contribution >= 4 is 33.6 Å². The standard InChI is InChI=1S/C8H7BrClN/c9-5-1-2-8-4-3-7(10)6-11-8/h1-4,6H,5H2. The van der Waals surface area contributed by atoms with Crippen molar-refractivity contribution in [3.63, 3.8) is 0 Å². The van der Waals surface area contributed by atoms with Gasteiger partial charge in [-0.25, -0.2) is 0 Å². The Balaban J connectivity index is 2.73. The first-order valence-corrected chi connectivity index (χ1v) is 4.67. The van der Waals surface area contributed by atoms with E-state index < -0.39 is 0 Å². The van der Waals surface area contributed by atoms with Gasteiger partial charge in [0.05, 0.1) is 10.7 Å². The van der Waals surface area contributed by atoms with Gasteiger partial charge in [0.2, 0.25) is 0 Å². The highest BCUT2D eigenvalue weighted by atomic mass is 79.9. The lowest BCUT2D eigenvalue weighted by Gasteiger charge is -1.90. The number of alkyl halides is 1. The van der Waals surface area contributed by atoms with Crippen LogP contribution in [-0.4, -0.2) is 10.3 Å². The van der Waals surface area contributed by atoms with Crippen molar-refractivity contribution in [2.24, 2.45) is 0 Å². The summed E-state index contributed by atoms with van der Waals surface area (Å²) in [5.41, 5.74) is 0.925. The maximum atomic E-state index is 5.65. The van der Waals surface area contributed by atoms with E-state index in [1.807, 2.05) is 24.3 Å². The summed E-state index contributed by atoms with van der Waals surface area (Å²) < 4.78 is 0. The van der Waals surface area contributed by atoms with E-state index in [0.717, 1.165) is 11.0 Å². The lowest BCUT2D eigenvalue weighted by molar-refractivity contribution is 1.29. The van der Waals surface area contributed by atoms with Gasteiger partial charge in [0, 0.05) is 11.5 Å². The lowest BCUT2D eigenvalue weighted by Crippen LogP contribution is -1.77. The predicted octanol–water partition coefficient (Wildman–Crippen LogP) is 3.14. The third kappa shape index (κ3) is 3.04. The van der Waals surface area contributed by atoms with Crippen LogP contribution in [0.25, 0.3) is 6.08 Å². The molecule has 3 heteroatoms. The first kappa shape index (κ1) is 8.75. The van der Waals surface area contributed by atoms with Gasteiger partial charge < -0.3 is 0 Å². The topological polar surface area (TPSA) is 12.9 Å². The molecule has 0 bridgehead atoms. The van der Waals surface area contributed by atoms with Crippen LogP contribution in [0, 0.1) is 0 Å². The van der Waals surface area contributed by atoms with E-state index in [0.29, 0.717) is 5.02 Å². The molecule has 1 aromatic heterocycles. The third-order valence-electron chi connectivity index (χ3n) is 1.13. The Kier molecular flexibility index (Phi) is 3.60. The SMILES string of the molecule is Clc1ccc(C=CCBr)nc1. The summed E-state index contributed by atoms with van der Waals surface area (Å²) in [6.45, 7) is 0. The highest BCUT2D eigenvalue weighted by Crippen LogP contribution is 2.06. The summed E-state index contributed by atoms with van der Waals surface area (Å²) in [6.07, 6.45) is 5.55. The molecule has 1 heterocycles. The van der Waals surface area contributed by atoms with Gasteiger partial charge in [-0.15, -0.1) is 0 Å². The van der Waals surface area contributed by atoms with Crippen molar-refractivity contribution in [2.45, 2.75) is 0 Å². The molecular formula is C8H7BrClN. The Morgan fingerprint density at radius 2 is 2.36 bits per heavy atom. The minimum atomic E-state index is 0.668. The molecule has 1 aromatic rings. The van der Waals surface area contributed by atoms with E-state index in [2.05, 4.69) is 20.9 Å². The average molecular weight is 233 g/mol. The Hall–Kier alpha value is -0.340. The molecule has 0 saturated carbocycles. The number of hydrogen-bond acceptors (Lipinski definition) is 1. The lowest BCUT2D eigenvalue weighted by atomic mass is 10.3. The molecule has 0 radical (unpaired) electrons. The fourth-order valence-corrected chi connectivity index (χ4v) is 0.950. The number of rotatable bonds is 2. The van der Waals surface area contributed by atoms with Crippen LogP contribution < -0.4 is 0 Å². The Labute approximate surface area is 79.2 Å². The number of halogens is 2. The predicted molar refractivity (Wildman–Crippen MR) is 52.1 cm³/mol. The van der Waals surface area contributed by atoms with Gasteiger partial charge in [-0.1, -0.05) is 33.6 Å². The molecule has 0 amide bonds. The van der Waals surface area contributed by atoms with Crippen molar-refractivity contribution in [3.05, 3.63) is 35.1 Å². The van der Waals surface area contributed by atoms with Crippen LogP contribution >= 0.6 is 27.5 Å². The van der Waals surface area contributed by atoms with Crippen molar-refractivity contribution in [2.75, 3.05) is 5.33 Å². The summed E-state index contributed by atoms with van der Waals surface area (Å²) in [7, 11) is 0. The second-order valence-electron chi connectivity index (χ2n) is 1.96. The minimum Gasteiger partial charge on any atom is -0.255 e. The molecule has 11 heavy (non-hydrogen) atoms. The molecule has 0 unspecified atom stereocenters. The zero-order chi connectivity index (χ0) is 8.10. The Morgan fingerprint density at radius 3 is 2.91 bits per heavy atom. The zero-order valence-corrected chi connectivity index (χ0v) is 8.14. The van der Waals surface area contributed by atoms with Crippen molar-refractivity contribution in [1.29, 1.82) is 0 Å². The maximum Gasteiger partial charge on any atom is 0.0627 e. The number of nitrogens with zero attached hydrogens (tertiary/aromatic N) is 1. The summed E-state index contributed by atoms with van der Waals surface area (Å²) >= 11 is 8.93. The van der Waals surface area contributed by atoms with E-state index in [1.165, 1.54) is 0 Å². The van der Waals surface area contributed by atoms with Crippen molar-refractivity contribution in [1.82, 2.24) is 4.98 Å². The van der Waals surface area contributed by atoms with E-state index in [-0.39, 0.29) is 0 Å². The second kappa shape index (κ2) is 4.52. The number of hydrogen-bond donors (Lipinski definition) is 0. The Bertz CT molecular complexity index is 243. The molecule has 0 aliphatic heterocycles.